The summed E-state index contributed by atoms with van der Waals surface area (Å²) in [7, 11) is -3.04. The molecule has 8 heteroatoms. The van der Waals surface area contributed by atoms with Gasteiger partial charge < -0.3 is 4.90 Å². The van der Waals surface area contributed by atoms with Crippen molar-refractivity contribution >= 4 is 50.0 Å². The van der Waals surface area contributed by atoms with Gasteiger partial charge in [0, 0.05) is 10.9 Å². The Hall–Kier alpha value is -1.05. The van der Waals surface area contributed by atoms with Crippen LogP contribution >= 0.6 is 23.4 Å². The van der Waals surface area contributed by atoms with E-state index in [-0.39, 0.29) is 28.7 Å². The van der Waals surface area contributed by atoms with Crippen LogP contribution in [0.2, 0.25) is 0 Å². The van der Waals surface area contributed by atoms with Crippen molar-refractivity contribution in [1.82, 2.24) is 0 Å². The topological polar surface area (TPSA) is 66.8 Å². The number of anilines is 1. The van der Waals surface area contributed by atoms with Gasteiger partial charge in [-0.05, 0) is 24.6 Å². The van der Waals surface area contributed by atoms with Gasteiger partial charge in [-0.3, -0.25) is 4.79 Å². The summed E-state index contributed by atoms with van der Waals surface area (Å²) in [5.41, 5.74) is 1.92. The van der Waals surface area contributed by atoms with Gasteiger partial charge in [0.25, 0.3) is 5.91 Å². The molecule has 1 aromatic carbocycles. The number of amides is 1. The van der Waals surface area contributed by atoms with Crippen LogP contribution in [0.25, 0.3) is 0 Å². The number of aliphatic imine (C=N–C) groups is 1. The molecule has 3 rings (SSSR count). The van der Waals surface area contributed by atoms with Gasteiger partial charge in [0.1, 0.15) is 5.88 Å². The molecule has 0 N–H and O–H groups in total. The van der Waals surface area contributed by atoms with Crippen LogP contribution in [0.5, 0.6) is 0 Å². The summed E-state index contributed by atoms with van der Waals surface area (Å²) in [6, 6.07) is 7.57. The predicted octanol–water partition coefficient (Wildman–Crippen LogP) is 1.84. The third-order valence-corrected chi connectivity index (χ3v) is 7.12. The normalized spacial score (nSPS) is 28.1. The summed E-state index contributed by atoms with van der Waals surface area (Å²) in [6.07, 6.45) is 0. The van der Waals surface area contributed by atoms with Crippen molar-refractivity contribution in [1.29, 1.82) is 0 Å². The Bertz CT molecular complexity index is 748. The highest BCUT2D eigenvalue weighted by molar-refractivity contribution is 8.16. The van der Waals surface area contributed by atoms with E-state index in [1.54, 1.807) is 0 Å². The number of carbonyl (C=O) groups is 1. The van der Waals surface area contributed by atoms with Crippen LogP contribution in [0, 0.1) is 6.92 Å². The molecular weight excluding hydrogens is 344 g/mol. The van der Waals surface area contributed by atoms with E-state index >= 15 is 0 Å². The summed E-state index contributed by atoms with van der Waals surface area (Å²) in [5.74, 6) is -0.380. The van der Waals surface area contributed by atoms with Gasteiger partial charge in [0.05, 0.1) is 17.5 Å². The first-order valence-corrected chi connectivity index (χ1v) is 10.0. The maximum Gasteiger partial charge on any atom is 0.262 e. The number of nitrogens with zero attached hydrogens (tertiary/aromatic N) is 2. The van der Waals surface area contributed by atoms with E-state index in [0.717, 1.165) is 11.3 Å². The number of hydrogen-bond donors (Lipinski definition) is 0. The van der Waals surface area contributed by atoms with Crippen molar-refractivity contribution in [2.24, 2.45) is 4.99 Å². The highest BCUT2D eigenvalue weighted by atomic mass is 35.5. The van der Waals surface area contributed by atoms with E-state index in [0.29, 0.717) is 5.17 Å². The van der Waals surface area contributed by atoms with Gasteiger partial charge in [-0.25, -0.2) is 8.42 Å². The number of thioether (sulfide) groups is 1. The number of rotatable bonds is 2. The first kappa shape index (κ1) is 15.8. The Morgan fingerprint density at radius 3 is 2.91 bits per heavy atom. The van der Waals surface area contributed by atoms with E-state index in [9.17, 15) is 13.2 Å². The van der Waals surface area contributed by atoms with Gasteiger partial charge >= 0.3 is 0 Å². The lowest BCUT2D eigenvalue weighted by atomic mass is 10.1. The van der Waals surface area contributed by atoms with Crippen LogP contribution in [0.1, 0.15) is 5.56 Å². The second-order valence-corrected chi connectivity index (χ2v) is 9.06. The van der Waals surface area contributed by atoms with Crippen molar-refractivity contribution in [3.63, 3.8) is 0 Å². The minimum Gasteiger partial charge on any atom is -0.316 e. The highest BCUT2D eigenvalue weighted by Crippen LogP contribution is 2.41. The van der Waals surface area contributed by atoms with E-state index < -0.39 is 15.7 Å². The van der Waals surface area contributed by atoms with Crippen LogP contribution < -0.4 is 4.90 Å². The molecule has 0 unspecified atom stereocenters. The summed E-state index contributed by atoms with van der Waals surface area (Å²) < 4.78 is 23.8. The number of carbonyl (C=O) groups excluding carboxylic acids is 1. The standard InChI is InChI=1S/C14H15ClN2O3S2/c1-9-3-2-4-10(5-9)17-11-7-22(19,20)8-12(11)21-14(17)16-13(18)6-15/h2-5,11-12H,6-8H2,1H3/t11-,12-/m1/s1. The molecule has 118 valence electrons. The fraction of sp³-hybridized carbons (Fsp3) is 0.429. The summed E-state index contributed by atoms with van der Waals surface area (Å²) >= 11 is 6.89. The molecule has 2 heterocycles. The summed E-state index contributed by atoms with van der Waals surface area (Å²) in [4.78, 5) is 17.5. The number of fused-ring (bicyclic) bond motifs is 1. The van der Waals surface area contributed by atoms with E-state index in [4.69, 9.17) is 11.6 Å². The third kappa shape index (κ3) is 3.02. The minimum atomic E-state index is -3.04. The number of aryl methyl sites for hydroxylation is 1. The van der Waals surface area contributed by atoms with E-state index in [1.807, 2.05) is 36.1 Å². The molecular formula is C14H15ClN2O3S2. The van der Waals surface area contributed by atoms with Crippen molar-refractivity contribution < 1.29 is 13.2 Å². The lowest BCUT2D eigenvalue weighted by molar-refractivity contribution is -0.115. The Kier molecular flexibility index (Phi) is 4.22. The first-order valence-electron chi connectivity index (χ1n) is 6.80. The Morgan fingerprint density at radius 2 is 2.23 bits per heavy atom. The smallest absolute Gasteiger partial charge is 0.262 e. The summed E-state index contributed by atoms with van der Waals surface area (Å²) in [5, 5.41) is 0.452. The zero-order chi connectivity index (χ0) is 15.9. The Morgan fingerprint density at radius 1 is 1.45 bits per heavy atom. The Labute approximate surface area is 138 Å². The fourth-order valence-corrected chi connectivity index (χ4v) is 6.77. The average molecular weight is 359 g/mol. The monoisotopic (exact) mass is 358 g/mol. The fourth-order valence-electron chi connectivity index (χ4n) is 2.78. The highest BCUT2D eigenvalue weighted by Gasteiger charge is 2.49. The SMILES string of the molecule is Cc1cccc(N2C(=NC(=O)CCl)S[C@@H]3CS(=O)(=O)C[C@H]32)c1. The zero-order valence-corrected chi connectivity index (χ0v) is 14.3. The molecule has 0 aliphatic carbocycles. The largest absolute Gasteiger partial charge is 0.316 e. The molecule has 0 saturated carbocycles. The minimum absolute atomic E-state index is 0.0900. The zero-order valence-electron chi connectivity index (χ0n) is 11.9. The number of hydrogen-bond acceptors (Lipinski definition) is 4. The molecule has 0 bridgehead atoms. The second kappa shape index (κ2) is 5.86. The first-order chi connectivity index (χ1) is 10.4. The molecule has 2 aliphatic heterocycles. The van der Waals surface area contributed by atoms with Gasteiger partial charge in [-0.2, -0.15) is 4.99 Å². The molecule has 5 nitrogen and oxygen atoms in total. The van der Waals surface area contributed by atoms with Crippen LogP contribution in [-0.4, -0.2) is 48.2 Å². The van der Waals surface area contributed by atoms with Crippen molar-refractivity contribution in [3.8, 4) is 0 Å². The molecule has 1 amide bonds. The third-order valence-electron chi connectivity index (χ3n) is 3.68. The van der Waals surface area contributed by atoms with Gasteiger partial charge in [-0.1, -0.05) is 23.9 Å². The van der Waals surface area contributed by atoms with Crippen molar-refractivity contribution in [2.75, 3.05) is 22.3 Å². The van der Waals surface area contributed by atoms with Crippen LogP contribution in [-0.2, 0) is 14.6 Å². The maximum absolute atomic E-state index is 11.9. The van der Waals surface area contributed by atoms with Gasteiger partial charge in [0.2, 0.25) is 0 Å². The predicted molar refractivity (Wildman–Crippen MR) is 90.6 cm³/mol. The Balaban J connectivity index is 2.03. The van der Waals surface area contributed by atoms with Crippen LogP contribution in [0.3, 0.4) is 0 Å². The lowest BCUT2D eigenvalue weighted by Gasteiger charge is -2.24. The molecule has 2 atom stereocenters. The molecule has 2 saturated heterocycles. The van der Waals surface area contributed by atoms with Crippen molar-refractivity contribution in [2.45, 2.75) is 18.2 Å². The number of benzene rings is 1. The van der Waals surface area contributed by atoms with Gasteiger partial charge in [0.15, 0.2) is 15.0 Å². The average Bonchev–Trinajstić information content (AvgIpc) is 2.89. The number of halogens is 1. The van der Waals surface area contributed by atoms with E-state index in [1.165, 1.54) is 11.8 Å². The molecule has 2 fully saturated rings. The lowest BCUT2D eigenvalue weighted by Crippen LogP contribution is -2.37. The van der Waals surface area contributed by atoms with Crippen LogP contribution in [0.4, 0.5) is 5.69 Å². The summed E-state index contributed by atoms with van der Waals surface area (Å²) in [6.45, 7) is 1.97. The number of sulfone groups is 1. The molecule has 0 spiro atoms. The molecule has 2 aliphatic rings. The van der Waals surface area contributed by atoms with Gasteiger partial charge in [-0.15, -0.1) is 11.6 Å². The number of alkyl halides is 1. The van der Waals surface area contributed by atoms with Crippen LogP contribution in [0.15, 0.2) is 29.3 Å². The quantitative estimate of drug-likeness (QED) is 0.754. The molecule has 22 heavy (non-hydrogen) atoms. The van der Waals surface area contributed by atoms with E-state index in [2.05, 4.69) is 4.99 Å². The van der Waals surface area contributed by atoms with Crippen molar-refractivity contribution in [3.05, 3.63) is 29.8 Å². The maximum atomic E-state index is 11.9. The molecule has 0 aromatic heterocycles. The second-order valence-electron chi connectivity index (χ2n) is 5.43. The molecule has 0 radical (unpaired) electrons. The molecule has 1 aromatic rings. The number of amidine groups is 1.